The highest BCUT2D eigenvalue weighted by Gasteiger charge is 2.31. The summed E-state index contributed by atoms with van der Waals surface area (Å²) in [7, 11) is 2.27. The molecule has 1 fully saturated rings. The normalized spacial score (nSPS) is 25.4. The second-order valence-corrected chi connectivity index (χ2v) is 6.84. The van der Waals surface area contributed by atoms with Crippen molar-refractivity contribution in [3.63, 3.8) is 0 Å². The van der Waals surface area contributed by atoms with Crippen molar-refractivity contribution in [3.8, 4) is 0 Å². The van der Waals surface area contributed by atoms with Crippen LogP contribution in [-0.4, -0.2) is 41.5 Å². The van der Waals surface area contributed by atoms with Gasteiger partial charge in [0.2, 0.25) is 0 Å². The van der Waals surface area contributed by atoms with E-state index in [1.807, 2.05) is 0 Å². The van der Waals surface area contributed by atoms with Gasteiger partial charge in [-0.25, -0.2) is 0 Å². The SMILES string of the molecule is CC1=CC=C(N2CC[C@@H](N(C)C(C)(C)C)C2)CC1. The van der Waals surface area contributed by atoms with E-state index in [1.165, 1.54) is 37.9 Å². The summed E-state index contributed by atoms with van der Waals surface area (Å²) < 4.78 is 0. The summed E-state index contributed by atoms with van der Waals surface area (Å²) in [6, 6.07) is 0.706. The number of nitrogens with zero attached hydrogens (tertiary/aromatic N) is 2. The molecule has 2 heteroatoms. The van der Waals surface area contributed by atoms with E-state index in [0.717, 1.165) is 0 Å². The lowest BCUT2D eigenvalue weighted by Gasteiger charge is -2.37. The third-order valence-corrected chi connectivity index (χ3v) is 4.51. The number of rotatable bonds is 2. The standard InChI is InChI=1S/C16H28N2/c1-13-6-8-14(9-7-13)18-11-10-15(12-18)17(5)16(2,3)4/h6,8,15H,7,9-12H2,1-5H3/t15-/m1/s1. The van der Waals surface area contributed by atoms with Crippen molar-refractivity contribution in [1.82, 2.24) is 9.80 Å². The highest BCUT2D eigenvalue weighted by molar-refractivity contribution is 5.22. The van der Waals surface area contributed by atoms with Gasteiger partial charge in [-0.1, -0.05) is 11.6 Å². The minimum atomic E-state index is 0.276. The van der Waals surface area contributed by atoms with E-state index in [0.29, 0.717) is 6.04 Å². The van der Waals surface area contributed by atoms with Gasteiger partial charge in [0.1, 0.15) is 0 Å². The number of hydrogen-bond acceptors (Lipinski definition) is 2. The molecule has 102 valence electrons. The third kappa shape index (κ3) is 2.97. The Morgan fingerprint density at radius 1 is 1.22 bits per heavy atom. The zero-order valence-electron chi connectivity index (χ0n) is 12.7. The van der Waals surface area contributed by atoms with Crippen LogP contribution in [0.1, 0.15) is 47.0 Å². The first kappa shape index (κ1) is 13.7. The van der Waals surface area contributed by atoms with E-state index in [4.69, 9.17) is 0 Å². The monoisotopic (exact) mass is 248 g/mol. The Hall–Kier alpha value is -0.760. The van der Waals surface area contributed by atoms with Crippen LogP contribution >= 0.6 is 0 Å². The second kappa shape index (κ2) is 5.08. The largest absolute Gasteiger partial charge is 0.373 e. The molecule has 0 amide bonds. The van der Waals surface area contributed by atoms with E-state index in [1.54, 1.807) is 5.70 Å². The first-order valence-electron chi connectivity index (χ1n) is 7.22. The maximum absolute atomic E-state index is 2.59. The van der Waals surface area contributed by atoms with Crippen molar-refractivity contribution >= 4 is 0 Å². The maximum Gasteiger partial charge on any atom is 0.0332 e. The lowest BCUT2D eigenvalue weighted by Crippen LogP contribution is -2.46. The zero-order chi connectivity index (χ0) is 13.3. The molecule has 0 N–H and O–H groups in total. The molecule has 0 saturated carbocycles. The fourth-order valence-electron chi connectivity index (χ4n) is 2.86. The third-order valence-electron chi connectivity index (χ3n) is 4.51. The highest BCUT2D eigenvalue weighted by Crippen LogP contribution is 2.28. The zero-order valence-corrected chi connectivity index (χ0v) is 12.7. The summed E-state index contributed by atoms with van der Waals surface area (Å²) in [5.74, 6) is 0. The number of hydrogen-bond donors (Lipinski definition) is 0. The van der Waals surface area contributed by atoms with E-state index < -0.39 is 0 Å². The van der Waals surface area contributed by atoms with E-state index in [-0.39, 0.29) is 5.54 Å². The fourth-order valence-corrected chi connectivity index (χ4v) is 2.86. The Balaban J connectivity index is 1.97. The van der Waals surface area contributed by atoms with Crippen LogP contribution in [0.5, 0.6) is 0 Å². The molecule has 1 saturated heterocycles. The number of likely N-dealkylation sites (N-methyl/N-ethyl adjacent to an activating group) is 1. The van der Waals surface area contributed by atoms with Crippen molar-refractivity contribution < 1.29 is 0 Å². The number of likely N-dealkylation sites (tertiary alicyclic amines) is 1. The van der Waals surface area contributed by atoms with E-state index in [2.05, 4.69) is 56.7 Å². The van der Waals surface area contributed by atoms with Crippen LogP contribution in [0, 0.1) is 0 Å². The van der Waals surface area contributed by atoms with Crippen molar-refractivity contribution in [2.75, 3.05) is 20.1 Å². The van der Waals surface area contributed by atoms with E-state index in [9.17, 15) is 0 Å². The van der Waals surface area contributed by atoms with Crippen LogP contribution in [-0.2, 0) is 0 Å². The lowest BCUT2D eigenvalue weighted by molar-refractivity contribution is 0.121. The van der Waals surface area contributed by atoms with Crippen LogP contribution in [0.25, 0.3) is 0 Å². The average Bonchev–Trinajstić information content (AvgIpc) is 2.77. The molecule has 0 spiro atoms. The maximum atomic E-state index is 2.59. The van der Waals surface area contributed by atoms with Crippen molar-refractivity contribution in [2.24, 2.45) is 0 Å². The summed E-state index contributed by atoms with van der Waals surface area (Å²) in [6.07, 6.45) is 8.39. The number of allylic oxidation sites excluding steroid dienone is 4. The van der Waals surface area contributed by atoms with Gasteiger partial charge in [0.15, 0.2) is 0 Å². The predicted octanol–water partition coefficient (Wildman–Crippen LogP) is 3.42. The van der Waals surface area contributed by atoms with E-state index >= 15 is 0 Å². The Kier molecular flexibility index (Phi) is 3.86. The summed E-state index contributed by atoms with van der Waals surface area (Å²) in [4.78, 5) is 5.13. The van der Waals surface area contributed by atoms with Gasteiger partial charge in [0.05, 0.1) is 0 Å². The molecule has 18 heavy (non-hydrogen) atoms. The van der Waals surface area contributed by atoms with Gasteiger partial charge >= 0.3 is 0 Å². The molecule has 2 aliphatic rings. The van der Waals surface area contributed by atoms with Gasteiger partial charge in [-0.15, -0.1) is 0 Å². The molecule has 0 radical (unpaired) electrons. The molecule has 1 aliphatic heterocycles. The predicted molar refractivity (Wildman–Crippen MR) is 78.6 cm³/mol. The molecule has 1 aliphatic carbocycles. The second-order valence-electron chi connectivity index (χ2n) is 6.84. The smallest absolute Gasteiger partial charge is 0.0332 e. The molecular formula is C16H28N2. The lowest BCUT2D eigenvalue weighted by atomic mass is 10.0. The van der Waals surface area contributed by atoms with Gasteiger partial charge in [-0.2, -0.15) is 0 Å². The topological polar surface area (TPSA) is 6.48 Å². The molecule has 2 nitrogen and oxygen atoms in total. The molecule has 0 aromatic rings. The molecule has 1 atom stereocenters. The molecule has 1 heterocycles. The van der Waals surface area contributed by atoms with Gasteiger partial charge in [0, 0.05) is 30.4 Å². The summed E-state index contributed by atoms with van der Waals surface area (Å²) in [5, 5.41) is 0. The van der Waals surface area contributed by atoms with Crippen LogP contribution in [0.4, 0.5) is 0 Å². The van der Waals surface area contributed by atoms with Crippen LogP contribution in [0.3, 0.4) is 0 Å². The Morgan fingerprint density at radius 3 is 2.50 bits per heavy atom. The van der Waals surface area contributed by atoms with Gasteiger partial charge in [0.25, 0.3) is 0 Å². The average molecular weight is 248 g/mol. The minimum absolute atomic E-state index is 0.276. The van der Waals surface area contributed by atoms with Gasteiger partial charge < -0.3 is 4.90 Å². The quantitative estimate of drug-likeness (QED) is 0.739. The summed E-state index contributed by atoms with van der Waals surface area (Å²) in [6.45, 7) is 11.6. The Morgan fingerprint density at radius 2 is 1.94 bits per heavy atom. The fraction of sp³-hybridized carbons (Fsp3) is 0.750. The summed E-state index contributed by atoms with van der Waals surface area (Å²) >= 11 is 0. The van der Waals surface area contributed by atoms with Crippen molar-refractivity contribution in [3.05, 3.63) is 23.4 Å². The Bertz CT molecular complexity index is 360. The van der Waals surface area contributed by atoms with Gasteiger partial charge in [-0.05, 0) is 60.1 Å². The summed E-state index contributed by atoms with van der Waals surface area (Å²) in [5.41, 5.74) is 3.34. The molecule has 0 bridgehead atoms. The Labute approximate surface area is 112 Å². The molecular weight excluding hydrogens is 220 g/mol. The molecule has 0 aromatic heterocycles. The van der Waals surface area contributed by atoms with Crippen LogP contribution < -0.4 is 0 Å². The minimum Gasteiger partial charge on any atom is -0.373 e. The first-order chi connectivity index (χ1) is 8.38. The van der Waals surface area contributed by atoms with Crippen molar-refractivity contribution in [1.29, 1.82) is 0 Å². The van der Waals surface area contributed by atoms with Crippen LogP contribution in [0.15, 0.2) is 23.4 Å². The van der Waals surface area contributed by atoms with Crippen molar-refractivity contribution in [2.45, 2.75) is 58.5 Å². The van der Waals surface area contributed by atoms with Gasteiger partial charge in [-0.3, -0.25) is 4.90 Å². The molecule has 0 unspecified atom stereocenters. The first-order valence-corrected chi connectivity index (χ1v) is 7.22. The molecule has 0 aromatic carbocycles. The highest BCUT2D eigenvalue weighted by atomic mass is 15.3. The van der Waals surface area contributed by atoms with Crippen LogP contribution in [0.2, 0.25) is 0 Å². The molecule has 2 rings (SSSR count).